The van der Waals surface area contributed by atoms with Crippen LogP contribution in [0.15, 0.2) is 17.0 Å². The molecule has 18 heavy (non-hydrogen) atoms. The van der Waals surface area contributed by atoms with Gasteiger partial charge in [-0.05, 0) is 55.4 Å². The average molecular weight is 268 g/mol. The monoisotopic (exact) mass is 268 g/mol. The van der Waals surface area contributed by atoms with Gasteiger partial charge in [-0.15, -0.1) is 0 Å². The second-order valence-electron chi connectivity index (χ2n) is 5.04. The van der Waals surface area contributed by atoms with Crippen molar-refractivity contribution in [3.05, 3.63) is 28.8 Å². The van der Waals surface area contributed by atoms with Crippen molar-refractivity contribution in [1.29, 1.82) is 0 Å². The van der Waals surface area contributed by atoms with Crippen molar-refractivity contribution >= 4 is 10.0 Å². The molecule has 1 fully saturated rings. The van der Waals surface area contributed by atoms with Crippen molar-refractivity contribution in [2.75, 3.05) is 6.54 Å². The molecule has 0 bridgehead atoms. The summed E-state index contributed by atoms with van der Waals surface area (Å²) in [4.78, 5) is 0.356. The van der Waals surface area contributed by atoms with Crippen LogP contribution in [-0.4, -0.2) is 15.0 Å². The Morgan fingerprint density at radius 2 is 1.94 bits per heavy atom. The highest BCUT2D eigenvalue weighted by atomic mass is 32.2. The summed E-state index contributed by atoms with van der Waals surface area (Å²) in [6.07, 6.45) is 2.26. The van der Waals surface area contributed by atoms with Crippen LogP contribution in [0.3, 0.4) is 0 Å². The SMILES string of the molecule is Cc1cc(C)c(S(=O)(=O)NCC2CC2)cc1CN. The minimum absolute atomic E-state index is 0.356. The van der Waals surface area contributed by atoms with Crippen LogP contribution in [0.5, 0.6) is 0 Å². The Labute approximate surface area is 109 Å². The average Bonchev–Trinajstić information content (AvgIpc) is 3.10. The summed E-state index contributed by atoms with van der Waals surface area (Å²) in [6, 6.07) is 3.58. The topological polar surface area (TPSA) is 72.2 Å². The lowest BCUT2D eigenvalue weighted by Crippen LogP contribution is -2.26. The molecule has 1 aliphatic rings. The second kappa shape index (κ2) is 4.99. The van der Waals surface area contributed by atoms with Crippen LogP contribution >= 0.6 is 0 Å². The molecule has 1 aliphatic carbocycles. The van der Waals surface area contributed by atoms with Gasteiger partial charge >= 0.3 is 0 Å². The number of aryl methyl sites for hydroxylation is 2. The minimum atomic E-state index is -3.40. The zero-order chi connectivity index (χ0) is 13.3. The second-order valence-corrected chi connectivity index (χ2v) is 6.78. The Bertz CT molecular complexity index is 548. The molecule has 0 heterocycles. The van der Waals surface area contributed by atoms with Crippen LogP contribution in [-0.2, 0) is 16.6 Å². The molecule has 5 heteroatoms. The molecule has 2 rings (SSSR count). The van der Waals surface area contributed by atoms with Gasteiger partial charge in [-0.3, -0.25) is 0 Å². The van der Waals surface area contributed by atoms with Gasteiger partial charge in [-0.25, -0.2) is 13.1 Å². The van der Waals surface area contributed by atoms with Gasteiger partial charge in [0.15, 0.2) is 0 Å². The molecular weight excluding hydrogens is 248 g/mol. The molecule has 1 saturated carbocycles. The molecule has 0 amide bonds. The summed E-state index contributed by atoms with van der Waals surface area (Å²) in [5.74, 6) is 0.527. The van der Waals surface area contributed by atoms with Crippen molar-refractivity contribution in [1.82, 2.24) is 4.72 Å². The van der Waals surface area contributed by atoms with E-state index in [1.54, 1.807) is 6.07 Å². The predicted octanol–water partition coefficient (Wildman–Crippen LogP) is 1.45. The molecule has 0 radical (unpaired) electrons. The highest BCUT2D eigenvalue weighted by Gasteiger charge is 2.25. The third-order valence-electron chi connectivity index (χ3n) is 3.40. The maximum absolute atomic E-state index is 12.2. The van der Waals surface area contributed by atoms with E-state index in [4.69, 9.17) is 5.73 Å². The van der Waals surface area contributed by atoms with Gasteiger partial charge in [0.25, 0.3) is 0 Å². The molecule has 0 saturated heterocycles. The third kappa shape index (κ3) is 2.91. The van der Waals surface area contributed by atoms with Crippen molar-refractivity contribution in [2.24, 2.45) is 11.7 Å². The van der Waals surface area contributed by atoms with Gasteiger partial charge in [-0.1, -0.05) is 6.07 Å². The first-order valence-corrected chi connectivity index (χ1v) is 7.72. The lowest BCUT2D eigenvalue weighted by atomic mass is 10.1. The lowest BCUT2D eigenvalue weighted by molar-refractivity contribution is 0.576. The van der Waals surface area contributed by atoms with E-state index >= 15 is 0 Å². The van der Waals surface area contributed by atoms with Gasteiger partial charge in [-0.2, -0.15) is 0 Å². The van der Waals surface area contributed by atoms with Gasteiger partial charge in [0.1, 0.15) is 0 Å². The van der Waals surface area contributed by atoms with Gasteiger partial charge in [0, 0.05) is 13.1 Å². The normalized spacial score (nSPS) is 15.9. The van der Waals surface area contributed by atoms with Crippen molar-refractivity contribution in [3.63, 3.8) is 0 Å². The number of benzene rings is 1. The summed E-state index contributed by atoms with van der Waals surface area (Å²) in [7, 11) is -3.40. The predicted molar refractivity (Wildman–Crippen MR) is 71.7 cm³/mol. The van der Waals surface area contributed by atoms with Crippen molar-refractivity contribution < 1.29 is 8.42 Å². The summed E-state index contributed by atoms with van der Waals surface area (Å²) < 4.78 is 27.1. The van der Waals surface area contributed by atoms with Gasteiger partial charge in [0.05, 0.1) is 4.90 Å². The minimum Gasteiger partial charge on any atom is -0.326 e. The number of hydrogen-bond acceptors (Lipinski definition) is 3. The maximum Gasteiger partial charge on any atom is 0.240 e. The number of hydrogen-bond donors (Lipinski definition) is 2. The molecule has 0 atom stereocenters. The van der Waals surface area contributed by atoms with E-state index in [9.17, 15) is 8.42 Å². The van der Waals surface area contributed by atoms with Crippen molar-refractivity contribution in [3.8, 4) is 0 Å². The highest BCUT2D eigenvalue weighted by molar-refractivity contribution is 7.89. The highest BCUT2D eigenvalue weighted by Crippen LogP contribution is 2.28. The van der Waals surface area contributed by atoms with Crippen LogP contribution in [0.25, 0.3) is 0 Å². The van der Waals surface area contributed by atoms with Gasteiger partial charge < -0.3 is 5.73 Å². The van der Waals surface area contributed by atoms with E-state index in [1.165, 1.54) is 0 Å². The van der Waals surface area contributed by atoms with Crippen LogP contribution in [0.4, 0.5) is 0 Å². The molecule has 1 aromatic rings. The largest absolute Gasteiger partial charge is 0.326 e. The molecule has 4 nitrogen and oxygen atoms in total. The molecule has 0 spiro atoms. The number of nitrogens with one attached hydrogen (secondary N) is 1. The first kappa shape index (κ1) is 13.5. The lowest BCUT2D eigenvalue weighted by Gasteiger charge is -2.12. The van der Waals surface area contributed by atoms with Gasteiger partial charge in [0.2, 0.25) is 10.0 Å². The summed E-state index contributed by atoms with van der Waals surface area (Å²) in [5.41, 5.74) is 8.32. The standard InChI is InChI=1S/C13H20N2O2S/c1-9-5-10(2)13(6-12(9)7-14)18(16,17)15-8-11-3-4-11/h5-6,11,15H,3-4,7-8,14H2,1-2H3. The number of sulfonamides is 1. The van der Waals surface area contributed by atoms with E-state index in [-0.39, 0.29) is 0 Å². The molecule has 1 aromatic carbocycles. The summed E-state index contributed by atoms with van der Waals surface area (Å²) in [5, 5.41) is 0. The Balaban J connectivity index is 2.30. The molecule has 0 unspecified atom stereocenters. The zero-order valence-electron chi connectivity index (χ0n) is 10.9. The third-order valence-corrected chi connectivity index (χ3v) is 4.97. The first-order chi connectivity index (χ1) is 8.44. The molecular formula is C13H20N2O2S. The fraction of sp³-hybridized carbons (Fsp3) is 0.538. The Morgan fingerprint density at radius 1 is 1.28 bits per heavy atom. The number of rotatable bonds is 5. The maximum atomic E-state index is 12.2. The van der Waals surface area contributed by atoms with E-state index < -0.39 is 10.0 Å². The first-order valence-electron chi connectivity index (χ1n) is 6.24. The molecule has 100 valence electrons. The van der Waals surface area contributed by atoms with Crippen LogP contribution in [0.2, 0.25) is 0 Å². The Morgan fingerprint density at radius 3 is 2.50 bits per heavy atom. The van der Waals surface area contributed by atoms with Crippen LogP contribution in [0.1, 0.15) is 29.5 Å². The molecule has 3 N–H and O–H groups in total. The molecule has 0 aliphatic heterocycles. The number of nitrogens with two attached hydrogens (primary N) is 1. The van der Waals surface area contributed by atoms with E-state index in [0.29, 0.717) is 23.9 Å². The van der Waals surface area contributed by atoms with Crippen LogP contribution < -0.4 is 10.5 Å². The Kier molecular flexibility index (Phi) is 3.75. The smallest absolute Gasteiger partial charge is 0.240 e. The summed E-state index contributed by atoms with van der Waals surface area (Å²) in [6.45, 7) is 4.67. The van der Waals surface area contributed by atoms with Crippen LogP contribution in [0, 0.1) is 19.8 Å². The van der Waals surface area contributed by atoms with E-state index in [1.807, 2.05) is 19.9 Å². The fourth-order valence-corrected chi connectivity index (χ4v) is 3.40. The molecule has 0 aromatic heterocycles. The van der Waals surface area contributed by atoms with E-state index in [0.717, 1.165) is 29.5 Å². The zero-order valence-corrected chi connectivity index (χ0v) is 11.7. The van der Waals surface area contributed by atoms with Crippen molar-refractivity contribution in [2.45, 2.75) is 38.1 Å². The quantitative estimate of drug-likeness (QED) is 0.849. The Hall–Kier alpha value is -0.910. The summed E-state index contributed by atoms with van der Waals surface area (Å²) >= 11 is 0. The van der Waals surface area contributed by atoms with E-state index in [2.05, 4.69) is 4.72 Å². The fourth-order valence-electron chi connectivity index (χ4n) is 2.01.